The van der Waals surface area contributed by atoms with Crippen molar-refractivity contribution in [2.75, 3.05) is 17.7 Å². The van der Waals surface area contributed by atoms with Gasteiger partial charge in [0.25, 0.3) is 11.6 Å². The normalized spacial score (nSPS) is 9.85. The van der Waals surface area contributed by atoms with Crippen LogP contribution < -0.4 is 10.6 Å². The van der Waals surface area contributed by atoms with Gasteiger partial charge in [0.2, 0.25) is 0 Å². The molecule has 0 radical (unpaired) electrons. The number of amides is 1. The summed E-state index contributed by atoms with van der Waals surface area (Å²) in [4.78, 5) is 26.1. The molecular weight excluding hydrogens is 260 g/mol. The Morgan fingerprint density at radius 2 is 1.95 bits per heavy atom. The van der Waals surface area contributed by atoms with Gasteiger partial charge in [-0.3, -0.25) is 19.9 Å². The molecule has 0 spiro atoms. The molecule has 0 fully saturated rings. The molecule has 1 aromatic heterocycles. The number of nitrogens with one attached hydrogen (secondary N) is 2. The summed E-state index contributed by atoms with van der Waals surface area (Å²) >= 11 is 0. The predicted molar refractivity (Wildman–Crippen MR) is 74.8 cm³/mol. The van der Waals surface area contributed by atoms with Gasteiger partial charge in [-0.05, 0) is 18.2 Å². The fraction of sp³-hybridized carbons (Fsp3) is 0.0769. The fourth-order valence-electron chi connectivity index (χ4n) is 1.66. The average molecular weight is 272 g/mol. The summed E-state index contributed by atoms with van der Waals surface area (Å²) in [7, 11) is 1.69. The number of benzene rings is 1. The number of rotatable bonds is 4. The number of carbonyl (C=O) groups excluding carboxylic acids is 1. The number of aromatic nitrogens is 1. The molecular formula is C13H12N4O3. The second-order valence-electron chi connectivity index (χ2n) is 3.93. The van der Waals surface area contributed by atoms with Crippen LogP contribution in [0.2, 0.25) is 0 Å². The molecule has 0 aliphatic heterocycles. The summed E-state index contributed by atoms with van der Waals surface area (Å²) in [5.74, 6) is -0.314. The van der Waals surface area contributed by atoms with Crippen LogP contribution in [-0.4, -0.2) is 22.9 Å². The number of anilines is 2. The number of pyridine rings is 1. The van der Waals surface area contributed by atoms with Crippen LogP contribution in [0.15, 0.2) is 42.7 Å². The van der Waals surface area contributed by atoms with Gasteiger partial charge in [-0.25, -0.2) is 0 Å². The van der Waals surface area contributed by atoms with Crippen LogP contribution in [-0.2, 0) is 0 Å². The van der Waals surface area contributed by atoms with Gasteiger partial charge in [0.15, 0.2) is 0 Å². The van der Waals surface area contributed by atoms with Gasteiger partial charge < -0.3 is 10.6 Å². The lowest BCUT2D eigenvalue weighted by molar-refractivity contribution is -0.384. The maximum atomic E-state index is 12.1. The first-order valence-electron chi connectivity index (χ1n) is 5.79. The molecule has 0 aliphatic carbocycles. The highest BCUT2D eigenvalue weighted by atomic mass is 16.6. The maximum Gasteiger partial charge on any atom is 0.269 e. The molecule has 0 atom stereocenters. The number of non-ortho nitro benzene ring substituents is 1. The van der Waals surface area contributed by atoms with E-state index in [1.54, 1.807) is 19.3 Å². The first-order valence-corrected chi connectivity index (χ1v) is 5.79. The van der Waals surface area contributed by atoms with E-state index in [1.807, 2.05) is 0 Å². The van der Waals surface area contributed by atoms with Crippen LogP contribution in [0.1, 0.15) is 10.4 Å². The monoisotopic (exact) mass is 272 g/mol. The van der Waals surface area contributed by atoms with Crippen LogP contribution >= 0.6 is 0 Å². The molecule has 20 heavy (non-hydrogen) atoms. The first kappa shape index (κ1) is 13.5. The van der Waals surface area contributed by atoms with Crippen molar-refractivity contribution in [1.29, 1.82) is 0 Å². The molecule has 1 heterocycles. The van der Waals surface area contributed by atoms with E-state index in [1.165, 1.54) is 30.5 Å². The summed E-state index contributed by atoms with van der Waals surface area (Å²) in [5, 5.41) is 16.1. The molecule has 7 nitrogen and oxygen atoms in total. The molecule has 0 unspecified atom stereocenters. The lowest BCUT2D eigenvalue weighted by Gasteiger charge is -2.08. The Bertz CT molecular complexity index is 640. The Morgan fingerprint density at radius 1 is 1.25 bits per heavy atom. The highest BCUT2D eigenvalue weighted by molar-refractivity contribution is 6.07. The Labute approximate surface area is 114 Å². The van der Waals surface area contributed by atoms with Crippen LogP contribution in [0.25, 0.3) is 0 Å². The predicted octanol–water partition coefficient (Wildman–Crippen LogP) is 2.28. The molecule has 0 saturated carbocycles. The van der Waals surface area contributed by atoms with Crippen LogP contribution in [0, 0.1) is 10.1 Å². The quantitative estimate of drug-likeness (QED) is 0.657. The molecule has 2 N–H and O–H groups in total. The topological polar surface area (TPSA) is 97.2 Å². The lowest BCUT2D eigenvalue weighted by atomic mass is 10.2. The zero-order chi connectivity index (χ0) is 14.5. The van der Waals surface area contributed by atoms with Gasteiger partial charge >= 0.3 is 0 Å². The van der Waals surface area contributed by atoms with Gasteiger partial charge in [0.05, 0.1) is 22.4 Å². The molecule has 2 rings (SSSR count). The smallest absolute Gasteiger partial charge is 0.269 e. The summed E-state index contributed by atoms with van der Waals surface area (Å²) < 4.78 is 0. The molecule has 102 valence electrons. The van der Waals surface area contributed by atoms with E-state index < -0.39 is 4.92 Å². The molecule has 0 bridgehead atoms. The number of nitro groups is 1. The summed E-state index contributed by atoms with van der Waals surface area (Å²) in [6, 6.07) is 7.22. The van der Waals surface area contributed by atoms with Crippen molar-refractivity contribution in [1.82, 2.24) is 4.98 Å². The van der Waals surface area contributed by atoms with Crippen molar-refractivity contribution >= 4 is 23.0 Å². The Hall–Kier alpha value is -2.96. The summed E-state index contributed by atoms with van der Waals surface area (Å²) in [6.07, 6.45) is 3.07. The van der Waals surface area contributed by atoms with Crippen molar-refractivity contribution < 1.29 is 9.72 Å². The van der Waals surface area contributed by atoms with Gasteiger partial charge in [-0.15, -0.1) is 0 Å². The van der Waals surface area contributed by atoms with Crippen molar-refractivity contribution in [3.05, 3.63) is 58.4 Å². The number of nitrogens with zero attached hydrogens (tertiary/aromatic N) is 2. The molecule has 7 heteroatoms. The number of hydrogen-bond donors (Lipinski definition) is 2. The number of carbonyl (C=O) groups is 1. The average Bonchev–Trinajstić information content (AvgIpc) is 2.47. The number of nitro benzene ring substituents is 1. The summed E-state index contributed by atoms with van der Waals surface area (Å²) in [5.41, 5.74) is 1.51. The van der Waals surface area contributed by atoms with Crippen molar-refractivity contribution in [3.63, 3.8) is 0 Å². The van der Waals surface area contributed by atoms with Crippen LogP contribution in [0.5, 0.6) is 0 Å². The molecule has 0 saturated heterocycles. The fourth-order valence-corrected chi connectivity index (χ4v) is 1.66. The summed E-state index contributed by atoms with van der Waals surface area (Å²) in [6.45, 7) is 0. The third-order valence-electron chi connectivity index (χ3n) is 2.67. The highest BCUT2D eigenvalue weighted by Gasteiger charge is 2.11. The van der Waals surface area contributed by atoms with Crippen molar-refractivity contribution in [2.24, 2.45) is 0 Å². The minimum Gasteiger partial charge on any atom is -0.386 e. The minimum atomic E-state index is -0.492. The highest BCUT2D eigenvalue weighted by Crippen LogP contribution is 2.18. The Balaban J connectivity index is 2.17. The minimum absolute atomic E-state index is 0.0252. The lowest BCUT2D eigenvalue weighted by Crippen LogP contribution is -2.14. The van der Waals surface area contributed by atoms with Crippen molar-refractivity contribution in [2.45, 2.75) is 0 Å². The standard InChI is InChI=1S/C13H12N4O3/c1-14-12-8-15-7-6-11(12)13(18)16-9-2-4-10(5-3-9)17(19)20/h2-8,14H,1H3,(H,16,18). The third kappa shape index (κ3) is 2.89. The molecule has 2 aromatic rings. The van der Waals surface area contributed by atoms with Crippen LogP contribution in [0.4, 0.5) is 17.1 Å². The Kier molecular flexibility index (Phi) is 3.90. The molecule has 0 aliphatic rings. The second kappa shape index (κ2) is 5.79. The van der Waals surface area contributed by atoms with E-state index in [9.17, 15) is 14.9 Å². The van der Waals surface area contributed by atoms with E-state index in [0.717, 1.165) is 0 Å². The maximum absolute atomic E-state index is 12.1. The van der Waals surface area contributed by atoms with E-state index in [4.69, 9.17) is 0 Å². The van der Waals surface area contributed by atoms with E-state index >= 15 is 0 Å². The van der Waals surface area contributed by atoms with Gasteiger partial charge in [0.1, 0.15) is 0 Å². The Morgan fingerprint density at radius 3 is 2.55 bits per heavy atom. The second-order valence-corrected chi connectivity index (χ2v) is 3.93. The molecule has 1 amide bonds. The van der Waals surface area contributed by atoms with Gasteiger partial charge in [-0.1, -0.05) is 0 Å². The third-order valence-corrected chi connectivity index (χ3v) is 2.67. The zero-order valence-corrected chi connectivity index (χ0v) is 10.7. The van der Waals surface area contributed by atoms with Gasteiger partial charge in [0, 0.05) is 31.1 Å². The van der Waals surface area contributed by atoms with Crippen LogP contribution in [0.3, 0.4) is 0 Å². The number of hydrogen-bond acceptors (Lipinski definition) is 5. The van der Waals surface area contributed by atoms with Crippen molar-refractivity contribution in [3.8, 4) is 0 Å². The molecule has 1 aromatic carbocycles. The SMILES string of the molecule is CNc1cnccc1C(=O)Nc1ccc([N+](=O)[O-])cc1. The largest absolute Gasteiger partial charge is 0.386 e. The first-order chi connectivity index (χ1) is 9.61. The zero-order valence-electron chi connectivity index (χ0n) is 10.7. The van der Waals surface area contributed by atoms with Gasteiger partial charge in [-0.2, -0.15) is 0 Å². The van der Waals surface area contributed by atoms with E-state index in [2.05, 4.69) is 15.6 Å². The van der Waals surface area contributed by atoms with E-state index in [0.29, 0.717) is 16.9 Å². The van der Waals surface area contributed by atoms with E-state index in [-0.39, 0.29) is 11.6 Å².